The fourth-order valence-electron chi connectivity index (χ4n) is 0.503. The molecule has 0 radical (unpaired) electrons. The topological polar surface area (TPSA) is 68.3 Å². The van der Waals surface area contributed by atoms with Gasteiger partial charge in [-0.1, -0.05) is 6.92 Å². The highest BCUT2D eigenvalue weighted by Gasteiger charge is 2.29. The van der Waals surface area contributed by atoms with Crippen molar-refractivity contribution in [2.75, 3.05) is 6.26 Å². The van der Waals surface area contributed by atoms with Crippen molar-refractivity contribution in [1.82, 2.24) is 0 Å². The molecule has 0 bridgehead atoms. The van der Waals surface area contributed by atoms with Crippen LogP contribution < -0.4 is 0 Å². The van der Waals surface area contributed by atoms with E-state index in [9.17, 15) is 16.8 Å². The summed E-state index contributed by atoms with van der Waals surface area (Å²) in [6, 6.07) is 0. The molecule has 0 aliphatic rings. The molecule has 0 heterocycles. The van der Waals surface area contributed by atoms with Crippen LogP contribution in [0.2, 0.25) is 0 Å². The Morgan fingerprint density at radius 3 is 1.64 bits per heavy atom. The Labute approximate surface area is 66.8 Å². The monoisotopic (exact) mass is 200 g/mol. The van der Waals surface area contributed by atoms with E-state index in [1.165, 1.54) is 6.92 Å². The summed E-state index contributed by atoms with van der Waals surface area (Å²) in [6.45, 7) is 3.02. The molecule has 4 nitrogen and oxygen atoms in total. The molecule has 0 amide bonds. The summed E-state index contributed by atoms with van der Waals surface area (Å²) in [5.74, 6) is 0. The predicted molar refractivity (Wildman–Crippen MR) is 43.5 cm³/mol. The number of hydrogen-bond acceptors (Lipinski definition) is 4. The first kappa shape index (κ1) is 10.9. The highest BCUT2D eigenvalue weighted by Crippen LogP contribution is 2.11. The van der Waals surface area contributed by atoms with E-state index in [2.05, 4.69) is 0 Å². The summed E-state index contributed by atoms with van der Waals surface area (Å²) in [4.78, 5) is 0. The molecule has 6 heteroatoms. The van der Waals surface area contributed by atoms with Gasteiger partial charge in [0.2, 0.25) is 0 Å². The van der Waals surface area contributed by atoms with Gasteiger partial charge >= 0.3 is 0 Å². The zero-order chi connectivity index (χ0) is 9.28. The van der Waals surface area contributed by atoms with Gasteiger partial charge in [-0.25, -0.2) is 16.8 Å². The number of rotatable bonds is 3. The minimum Gasteiger partial charge on any atom is -0.213 e. The van der Waals surface area contributed by atoms with Gasteiger partial charge in [0.1, 0.15) is 0 Å². The van der Waals surface area contributed by atoms with E-state index in [1.807, 2.05) is 0 Å². The predicted octanol–water partition coefficient (Wildman–Crippen LogP) is 0.159. The lowest BCUT2D eigenvalue weighted by molar-refractivity contribution is 0.576. The summed E-state index contributed by atoms with van der Waals surface area (Å²) in [5, 5.41) is -0.808. The molecule has 1 atom stereocenters. The molecule has 0 aromatic heterocycles. The molecule has 0 spiro atoms. The summed E-state index contributed by atoms with van der Waals surface area (Å²) in [5.41, 5.74) is 0. The minimum atomic E-state index is -3.95. The van der Waals surface area contributed by atoms with Gasteiger partial charge in [0.15, 0.2) is 0 Å². The van der Waals surface area contributed by atoms with Crippen molar-refractivity contribution in [3.05, 3.63) is 0 Å². The van der Waals surface area contributed by atoms with Crippen LogP contribution in [0.1, 0.15) is 20.3 Å². The minimum absolute atomic E-state index is 0.315. The Bertz CT molecular complexity index is 310. The molecule has 0 saturated carbocycles. The maximum Gasteiger partial charge on any atom is 0.255 e. The van der Waals surface area contributed by atoms with Crippen LogP contribution >= 0.6 is 0 Å². The van der Waals surface area contributed by atoms with Crippen LogP contribution in [0.4, 0.5) is 0 Å². The second-order valence-electron chi connectivity index (χ2n) is 2.42. The molecule has 0 saturated heterocycles. The van der Waals surface area contributed by atoms with E-state index in [4.69, 9.17) is 0 Å². The average Bonchev–Trinajstić information content (AvgIpc) is 1.83. The second-order valence-corrected chi connectivity index (χ2v) is 8.82. The van der Waals surface area contributed by atoms with Crippen LogP contribution in [0.25, 0.3) is 0 Å². The van der Waals surface area contributed by atoms with Crippen LogP contribution in [0.3, 0.4) is 0 Å². The summed E-state index contributed by atoms with van der Waals surface area (Å²) >= 11 is 0. The molecular formula is C5H12O4S2. The molecular weight excluding hydrogens is 188 g/mol. The van der Waals surface area contributed by atoms with Gasteiger partial charge < -0.3 is 0 Å². The fraction of sp³-hybridized carbons (Fsp3) is 1.00. The van der Waals surface area contributed by atoms with E-state index in [0.29, 0.717) is 12.7 Å². The first-order valence-electron chi connectivity index (χ1n) is 3.17. The van der Waals surface area contributed by atoms with Gasteiger partial charge in [0, 0.05) is 0 Å². The van der Waals surface area contributed by atoms with Gasteiger partial charge in [-0.15, -0.1) is 0 Å². The first-order valence-corrected chi connectivity index (χ1v) is 7.12. The van der Waals surface area contributed by atoms with Gasteiger partial charge in [0.25, 0.3) is 17.7 Å². The summed E-state index contributed by atoms with van der Waals surface area (Å²) in [7, 11) is -7.90. The van der Waals surface area contributed by atoms with Crippen molar-refractivity contribution in [3.63, 3.8) is 0 Å². The Morgan fingerprint density at radius 1 is 1.18 bits per heavy atom. The van der Waals surface area contributed by atoms with Crippen molar-refractivity contribution >= 4 is 17.7 Å². The normalized spacial score (nSPS) is 16.3. The molecule has 0 aliphatic heterocycles. The van der Waals surface area contributed by atoms with Crippen molar-refractivity contribution in [2.45, 2.75) is 25.5 Å². The largest absolute Gasteiger partial charge is 0.255 e. The quantitative estimate of drug-likeness (QED) is 0.608. The average molecular weight is 200 g/mol. The van der Waals surface area contributed by atoms with E-state index in [-0.39, 0.29) is 0 Å². The van der Waals surface area contributed by atoms with E-state index >= 15 is 0 Å². The third-order valence-electron chi connectivity index (χ3n) is 1.49. The summed E-state index contributed by atoms with van der Waals surface area (Å²) in [6.07, 6.45) is 1.03. The third-order valence-corrected chi connectivity index (χ3v) is 7.17. The molecule has 68 valence electrons. The SMILES string of the molecule is CCC(C)S(=O)(=O)S(C)(=O)=O. The first-order chi connectivity index (χ1) is 4.73. The van der Waals surface area contributed by atoms with E-state index < -0.39 is 23.0 Å². The Kier molecular flexibility index (Phi) is 3.07. The highest BCUT2D eigenvalue weighted by molar-refractivity contribution is 8.67. The molecule has 11 heavy (non-hydrogen) atoms. The highest BCUT2D eigenvalue weighted by atomic mass is 33.2. The lowest BCUT2D eigenvalue weighted by Gasteiger charge is -2.06. The molecule has 0 fully saturated rings. The molecule has 0 N–H and O–H groups in total. The van der Waals surface area contributed by atoms with E-state index in [1.54, 1.807) is 6.92 Å². The standard InChI is InChI=1S/C5H12O4S2/c1-4-5(2)11(8,9)10(3,6)7/h5H,4H2,1-3H3. The Morgan fingerprint density at radius 2 is 1.55 bits per heavy atom. The molecule has 0 aromatic carbocycles. The van der Waals surface area contributed by atoms with Gasteiger partial charge in [-0.2, -0.15) is 0 Å². The van der Waals surface area contributed by atoms with Crippen LogP contribution in [0.5, 0.6) is 0 Å². The molecule has 0 rings (SSSR count). The zero-order valence-corrected chi connectivity index (χ0v) is 8.37. The summed E-state index contributed by atoms with van der Waals surface area (Å²) < 4.78 is 43.3. The van der Waals surface area contributed by atoms with Crippen molar-refractivity contribution in [1.29, 1.82) is 0 Å². The lowest BCUT2D eigenvalue weighted by atomic mass is 10.4. The molecule has 1 unspecified atom stereocenters. The van der Waals surface area contributed by atoms with Crippen LogP contribution in [0, 0.1) is 0 Å². The second kappa shape index (κ2) is 3.10. The van der Waals surface area contributed by atoms with Crippen molar-refractivity contribution in [2.24, 2.45) is 0 Å². The lowest BCUT2D eigenvalue weighted by Crippen LogP contribution is -2.24. The van der Waals surface area contributed by atoms with Gasteiger partial charge in [-0.3, -0.25) is 0 Å². The smallest absolute Gasteiger partial charge is 0.213 e. The van der Waals surface area contributed by atoms with Gasteiger partial charge in [0.05, 0.1) is 11.5 Å². The molecule has 0 aromatic rings. The van der Waals surface area contributed by atoms with Crippen molar-refractivity contribution < 1.29 is 16.8 Å². The van der Waals surface area contributed by atoms with Crippen LogP contribution in [-0.2, 0) is 17.7 Å². The van der Waals surface area contributed by atoms with Crippen molar-refractivity contribution in [3.8, 4) is 0 Å². The zero-order valence-electron chi connectivity index (χ0n) is 6.73. The fourth-order valence-corrected chi connectivity index (χ4v) is 3.71. The van der Waals surface area contributed by atoms with Crippen LogP contribution in [-0.4, -0.2) is 28.3 Å². The Balaban J connectivity index is 5.10. The van der Waals surface area contributed by atoms with Gasteiger partial charge in [-0.05, 0) is 13.3 Å². The number of hydrogen-bond donors (Lipinski definition) is 0. The maximum atomic E-state index is 11.0. The Hall–Kier alpha value is -0.100. The van der Waals surface area contributed by atoms with Crippen LogP contribution in [0.15, 0.2) is 0 Å². The maximum absolute atomic E-state index is 11.0. The van der Waals surface area contributed by atoms with E-state index in [0.717, 1.165) is 0 Å². The molecule has 0 aliphatic carbocycles. The third kappa shape index (κ3) is 2.16.